The third kappa shape index (κ3) is 1.98. The van der Waals surface area contributed by atoms with E-state index in [4.69, 9.17) is 5.73 Å². The van der Waals surface area contributed by atoms with Crippen molar-refractivity contribution in [3.8, 4) is 11.3 Å². The van der Waals surface area contributed by atoms with E-state index in [2.05, 4.69) is 9.68 Å². The summed E-state index contributed by atoms with van der Waals surface area (Å²) < 4.78 is 4.64. The highest BCUT2D eigenvalue weighted by atomic mass is 16.6. The molecule has 2 rings (SSSR count). The molecule has 7 nitrogen and oxygen atoms in total. The number of nitrogens with two attached hydrogens (primary N) is 1. The van der Waals surface area contributed by atoms with Gasteiger partial charge in [0.15, 0.2) is 0 Å². The first-order valence-electron chi connectivity index (χ1n) is 4.58. The van der Waals surface area contributed by atoms with Gasteiger partial charge < -0.3 is 10.3 Å². The number of non-ortho nitro benzene ring substituents is 1. The van der Waals surface area contributed by atoms with Gasteiger partial charge in [0.1, 0.15) is 17.5 Å². The fraction of sp³-hybridized carbons (Fsp3) is 0. The summed E-state index contributed by atoms with van der Waals surface area (Å²) in [5, 5.41) is 14.2. The van der Waals surface area contributed by atoms with Crippen LogP contribution in [0.5, 0.6) is 0 Å². The number of aromatic nitrogens is 1. The van der Waals surface area contributed by atoms with Crippen LogP contribution in [0.25, 0.3) is 11.3 Å². The highest BCUT2D eigenvalue weighted by molar-refractivity contribution is 5.98. The zero-order valence-electron chi connectivity index (χ0n) is 8.49. The van der Waals surface area contributed by atoms with Crippen molar-refractivity contribution in [1.82, 2.24) is 5.16 Å². The Morgan fingerprint density at radius 2 is 2.24 bits per heavy atom. The number of amides is 1. The van der Waals surface area contributed by atoms with Crippen molar-refractivity contribution in [2.45, 2.75) is 0 Å². The second-order valence-corrected chi connectivity index (χ2v) is 3.25. The van der Waals surface area contributed by atoms with Crippen LogP contribution in [0.15, 0.2) is 35.1 Å². The Balaban J connectivity index is 2.53. The molecule has 7 heteroatoms. The summed E-state index contributed by atoms with van der Waals surface area (Å²) in [6, 6.07) is 5.71. The maximum absolute atomic E-state index is 11.1. The molecule has 0 fully saturated rings. The van der Waals surface area contributed by atoms with Crippen molar-refractivity contribution < 1.29 is 14.2 Å². The Kier molecular flexibility index (Phi) is 2.57. The van der Waals surface area contributed by atoms with E-state index in [-0.39, 0.29) is 16.9 Å². The minimum atomic E-state index is -0.701. The molecule has 0 radical (unpaired) electrons. The second kappa shape index (κ2) is 4.05. The molecule has 1 aromatic heterocycles. The molecule has 2 aromatic rings. The lowest BCUT2D eigenvalue weighted by Gasteiger charge is -1.98. The molecule has 0 atom stereocenters. The van der Waals surface area contributed by atoms with E-state index in [0.717, 1.165) is 6.26 Å². The Morgan fingerprint density at radius 3 is 2.88 bits per heavy atom. The van der Waals surface area contributed by atoms with Gasteiger partial charge in [-0.3, -0.25) is 14.9 Å². The molecule has 0 bridgehead atoms. The summed E-state index contributed by atoms with van der Waals surface area (Å²) in [5.74, 6) is -0.701. The van der Waals surface area contributed by atoms with Crippen LogP contribution in [0.3, 0.4) is 0 Å². The van der Waals surface area contributed by atoms with Gasteiger partial charge in [-0.1, -0.05) is 17.3 Å². The third-order valence-electron chi connectivity index (χ3n) is 2.17. The van der Waals surface area contributed by atoms with Gasteiger partial charge in [0.05, 0.1) is 4.92 Å². The average molecular weight is 233 g/mol. The number of carbonyl (C=O) groups is 1. The van der Waals surface area contributed by atoms with Crippen LogP contribution in [0, 0.1) is 10.1 Å². The molecule has 0 aliphatic heterocycles. The Morgan fingerprint density at radius 1 is 1.47 bits per heavy atom. The summed E-state index contributed by atoms with van der Waals surface area (Å²) in [5.41, 5.74) is 5.71. The largest absolute Gasteiger partial charge is 0.365 e. The molecule has 1 heterocycles. The molecule has 0 aliphatic rings. The number of primary amides is 1. The first-order valence-corrected chi connectivity index (χ1v) is 4.58. The molecular weight excluding hydrogens is 226 g/mol. The Hall–Kier alpha value is -2.70. The van der Waals surface area contributed by atoms with Crippen LogP contribution >= 0.6 is 0 Å². The SMILES string of the molecule is NC(=O)c1conc1-c1cccc([N+](=O)[O-])c1. The van der Waals surface area contributed by atoms with Gasteiger partial charge in [-0.15, -0.1) is 0 Å². The predicted octanol–water partition coefficient (Wildman–Crippen LogP) is 1.35. The van der Waals surface area contributed by atoms with Gasteiger partial charge in [-0.2, -0.15) is 0 Å². The first kappa shape index (κ1) is 10.8. The smallest absolute Gasteiger partial charge is 0.270 e. The normalized spacial score (nSPS) is 10.1. The minimum Gasteiger partial charge on any atom is -0.365 e. The highest BCUT2D eigenvalue weighted by Crippen LogP contribution is 2.25. The fourth-order valence-corrected chi connectivity index (χ4v) is 1.39. The number of hydrogen-bond acceptors (Lipinski definition) is 5. The zero-order chi connectivity index (χ0) is 12.4. The van der Waals surface area contributed by atoms with E-state index >= 15 is 0 Å². The highest BCUT2D eigenvalue weighted by Gasteiger charge is 2.16. The predicted molar refractivity (Wildman–Crippen MR) is 57.1 cm³/mol. The van der Waals surface area contributed by atoms with Crippen molar-refractivity contribution >= 4 is 11.6 Å². The molecule has 0 spiro atoms. The van der Waals surface area contributed by atoms with Crippen molar-refractivity contribution in [2.24, 2.45) is 5.73 Å². The Labute approximate surface area is 95.0 Å². The molecular formula is C10H7N3O4. The number of carbonyl (C=O) groups excluding carboxylic acids is 1. The van der Waals surface area contributed by atoms with E-state index in [1.54, 1.807) is 6.07 Å². The molecule has 0 aliphatic carbocycles. The molecule has 0 saturated carbocycles. The van der Waals surface area contributed by atoms with Gasteiger partial charge in [0.2, 0.25) is 0 Å². The van der Waals surface area contributed by atoms with Crippen LogP contribution in [0.2, 0.25) is 0 Å². The van der Waals surface area contributed by atoms with Crippen molar-refractivity contribution in [1.29, 1.82) is 0 Å². The second-order valence-electron chi connectivity index (χ2n) is 3.25. The van der Waals surface area contributed by atoms with Gasteiger partial charge in [0.25, 0.3) is 11.6 Å². The van der Waals surface area contributed by atoms with Crippen LogP contribution in [0.4, 0.5) is 5.69 Å². The van der Waals surface area contributed by atoms with Gasteiger partial charge in [-0.05, 0) is 0 Å². The van der Waals surface area contributed by atoms with E-state index in [9.17, 15) is 14.9 Å². The summed E-state index contributed by atoms with van der Waals surface area (Å²) in [6.45, 7) is 0. The maximum Gasteiger partial charge on any atom is 0.270 e. The van der Waals surface area contributed by atoms with E-state index in [1.165, 1.54) is 18.2 Å². The monoisotopic (exact) mass is 233 g/mol. The molecule has 86 valence electrons. The number of rotatable bonds is 3. The first-order chi connectivity index (χ1) is 8.09. The maximum atomic E-state index is 11.1. The van der Waals surface area contributed by atoms with Gasteiger partial charge in [0, 0.05) is 17.7 Å². The van der Waals surface area contributed by atoms with Gasteiger partial charge in [-0.25, -0.2) is 0 Å². The average Bonchev–Trinajstić information content (AvgIpc) is 2.78. The third-order valence-corrected chi connectivity index (χ3v) is 2.17. The summed E-state index contributed by atoms with van der Waals surface area (Å²) in [6.07, 6.45) is 1.11. The summed E-state index contributed by atoms with van der Waals surface area (Å²) in [7, 11) is 0. The molecule has 1 amide bonds. The zero-order valence-corrected chi connectivity index (χ0v) is 8.49. The van der Waals surface area contributed by atoms with Crippen LogP contribution in [-0.4, -0.2) is 16.0 Å². The lowest BCUT2D eigenvalue weighted by atomic mass is 10.1. The molecule has 17 heavy (non-hydrogen) atoms. The molecule has 0 saturated heterocycles. The van der Waals surface area contributed by atoms with Crippen LogP contribution in [0.1, 0.15) is 10.4 Å². The van der Waals surface area contributed by atoms with E-state index in [0.29, 0.717) is 5.56 Å². The number of benzene rings is 1. The van der Waals surface area contributed by atoms with Crippen molar-refractivity contribution in [3.05, 3.63) is 46.2 Å². The molecule has 1 aromatic carbocycles. The van der Waals surface area contributed by atoms with E-state index < -0.39 is 10.8 Å². The van der Waals surface area contributed by atoms with Crippen molar-refractivity contribution in [3.63, 3.8) is 0 Å². The van der Waals surface area contributed by atoms with Crippen LogP contribution < -0.4 is 5.73 Å². The quantitative estimate of drug-likeness (QED) is 0.635. The van der Waals surface area contributed by atoms with Crippen LogP contribution in [-0.2, 0) is 0 Å². The van der Waals surface area contributed by atoms with Gasteiger partial charge >= 0.3 is 0 Å². The molecule has 0 unspecified atom stereocenters. The number of nitro benzene ring substituents is 1. The Bertz CT molecular complexity index is 591. The lowest BCUT2D eigenvalue weighted by molar-refractivity contribution is -0.384. The van der Waals surface area contributed by atoms with E-state index in [1.807, 2.05) is 0 Å². The lowest BCUT2D eigenvalue weighted by Crippen LogP contribution is -2.11. The molecule has 2 N–H and O–H groups in total. The van der Waals surface area contributed by atoms with Crippen molar-refractivity contribution in [2.75, 3.05) is 0 Å². The fourth-order valence-electron chi connectivity index (χ4n) is 1.39. The standard InChI is InChI=1S/C10H7N3O4/c11-10(14)8-5-17-12-9(8)6-2-1-3-7(4-6)13(15)16/h1-5H,(H2,11,14). The number of hydrogen-bond donors (Lipinski definition) is 1. The minimum absolute atomic E-state index is 0.0884. The summed E-state index contributed by atoms with van der Waals surface area (Å²) >= 11 is 0. The summed E-state index contributed by atoms with van der Waals surface area (Å²) in [4.78, 5) is 21.1. The number of nitrogens with zero attached hydrogens (tertiary/aromatic N) is 2. The topological polar surface area (TPSA) is 112 Å². The number of nitro groups is 1.